The largest absolute Gasteiger partial charge is 0.378 e. The molecule has 0 radical (unpaired) electrons. The Morgan fingerprint density at radius 1 is 1.46 bits per heavy atom. The van der Waals surface area contributed by atoms with Gasteiger partial charge in [-0.05, 0) is 19.9 Å². The van der Waals surface area contributed by atoms with Gasteiger partial charge in [-0.1, -0.05) is 0 Å². The highest BCUT2D eigenvalue weighted by Crippen LogP contribution is 2.00. The van der Waals surface area contributed by atoms with Crippen LogP contribution < -0.4 is 5.73 Å². The molecule has 0 unspecified atom stereocenters. The summed E-state index contributed by atoms with van der Waals surface area (Å²) in [5.74, 6) is 0. The van der Waals surface area contributed by atoms with Gasteiger partial charge in [-0.3, -0.25) is 4.68 Å². The third-order valence-electron chi connectivity index (χ3n) is 1.81. The van der Waals surface area contributed by atoms with E-state index < -0.39 is 0 Å². The number of ether oxygens (including phenoxy) is 1. The summed E-state index contributed by atoms with van der Waals surface area (Å²) in [5, 5.41) is 4.31. The van der Waals surface area contributed by atoms with Crippen LogP contribution >= 0.6 is 0 Å². The van der Waals surface area contributed by atoms with Gasteiger partial charge in [0.15, 0.2) is 0 Å². The van der Waals surface area contributed by atoms with E-state index in [4.69, 9.17) is 10.5 Å². The molecule has 1 heterocycles. The van der Waals surface area contributed by atoms with Gasteiger partial charge < -0.3 is 10.5 Å². The summed E-state index contributed by atoms with van der Waals surface area (Å²) in [6.45, 7) is 6.72. The summed E-state index contributed by atoms with van der Waals surface area (Å²) < 4.78 is 7.22. The Bertz CT molecular complexity index is 257. The maximum Gasteiger partial charge on any atom is 0.0663 e. The van der Waals surface area contributed by atoms with Crippen LogP contribution in [0, 0.1) is 13.8 Å². The van der Waals surface area contributed by atoms with Crippen molar-refractivity contribution in [1.29, 1.82) is 0 Å². The summed E-state index contributed by atoms with van der Waals surface area (Å²) in [6, 6.07) is 2.06. The van der Waals surface area contributed by atoms with Gasteiger partial charge in [0.25, 0.3) is 0 Å². The molecular formula is C9H17N3O. The molecule has 0 fully saturated rings. The first-order valence-corrected chi connectivity index (χ1v) is 4.53. The lowest BCUT2D eigenvalue weighted by molar-refractivity contribution is 0.130. The summed E-state index contributed by atoms with van der Waals surface area (Å²) in [5.41, 5.74) is 7.52. The maximum atomic E-state index is 5.29. The lowest BCUT2D eigenvalue weighted by Gasteiger charge is -2.04. The lowest BCUT2D eigenvalue weighted by Crippen LogP contribution is -2.13. The SMILES string of the molecule is Cc1cc(C)n(CCOCCN)n1. The van der Waals surface area contributed by atoms with Gasteiger partial charge in [0, 0.05) is 12.2 Å². The highest BCUT2D eigenvalue weighted by Gasteiger charge is 1.99. The molecule has 74 valence electrons. The molecule has 4 heteroatoms. The smallest absolute Gasteiger partial charge is 0.0663 e. The van der Waals surface area contributed by atoms with Gasteiger partial charge in [-0.15, -0.1) is 0 Å². The summed E-state index contributed by atoms with van der Waals surface area (Å²) in [4.78, 5) is 0. The fraction of sp³-hybridized carbons (Fsp3) is 0.667. The summed E-state index contributed by atoms with van der Waals surface area (Å²) in [7, 11) is 0. The van der Waals surface area contributed by atoms with Gasteiger partial charge in [-0.2, -0.15) is 5.10 Å². The van der Waals surface area contributed by atoms with E-state index in [1.165, 1.54) is 5.69 Å². The van der Waals surface area contributed by atoms with E-state index in [0.717, 1.165) is 12.2 Å². The van der Waals surface area contributed by atoms with E-state index >= 15 is 0 Å². The topological polar surface area (TPSA) is 53.1 Å². The standard InChI is InChI=1S/C9H17N3O/c1-8-7-9(2)12(11-8)4-6-13-5-3-10/h7H,3-6,10H2,1-2H3. The lowest BCUT2D eigenvalue weighted by atomic mass is 10.4. The number of aromatic nitrogens is 2. The average Bonchev–Trinajstić information content (AvgIpc) is 2.39. The van der Waals surface area contributed by atoms with Crippen molar-refractivity contribution < 1.29 is 4.74 Å². The monoisotopic (exact) mass is 183 g/mol. The molecule has 4 nitrogen and oxygen atoms in total. The Kier molecular flexibility index (Phi) is 3.92. The Hall–Kier alpha value is -0.870. The number of rotatable bonds is 5. The first kappa shape index (κ1) is 10.2. The predicted molar refractivity (Wildman–Crippen MR) is 51.6 cm³/mol. The fourth-order valence-corrected chi connectivity index (χ4v) is 1.24. The molecule has 1 rings (SSSR count). The molecular weight excluding hydrogens is 166 g/mol. The number of nitrogens with zero attached hydrogens (tertiary/aromatic N) is 2. The van der Waals surface area contributed by atoms with Crippen molar-refractivity contribution in [2.24, 2.45) is 5.73 Å². The van der Waals surface area contributed by atoms with Crippen molar-refractivity contribution in [3.05, 3.63) is 17.5 Å². The van der Waals surface area contributed by atoms with Crippen LogP contribution in [0.4, 0.5) is 0 Å². The van der Waals surface area contributed by atoms with E-state index in [1.54, 1.807) is 0 Å². The van der Waals surface area contributed by atoms with E-state index in [0.29, 0.717) is 19.8 Å². The molecule has 0 aliphatic heterocycles. The van der Waals surface area contributed by atoms with Crippen molar-refractivity contribution in [1.82, 2.24) is 9.78 Å². The molecule has 0 aliphatic rings. The second kappa shape index (κ2) is 4.99. The molecule has 0 saturated carbocycles. The molecule has 0 saturated heterocycles. The highest BCUT2D eigenvalue weighted by atomic mass is 16.5. The van der Waals surface area contributed by atoms with Crippen LogP contribution in [0.1, 0.15) is 11.4 Å². The fourth-order valence-electron chi connectivity index (χ4n) is 1.24. The first-order chi connectivity index (χ1) is 6.24. The summed E-state index contributed by atoms with van der Waals surface area (Å²) in [6.07, 6.45) is 0. The molecule has 1 aromatic rings. The van der Waals surface area contributed by atoms with Gasteiger partial charge in [0.2, 0.25) is 0 Å². The number of aryl methyl sites for hydroxylation is 2. The molecule has 0 bridgehead atoms. The zero-order valence-electron chi connectivity index (χ0n) is 8.29. The second-order valence-electron chi connectivity index (χ2n) is 3.05. The second-order valence-corrected chi connectivity index (χ2v) is 3.05. The molecule has 2 N–H and O–H groups in total. The van der Waals surface area contributed by atoms with Gasteiger partial charge >= 0.3 is 0 Å². The van der Waals surface area contributed by atoms with Gasteiger partial charge in [-0.25, -0.2) is 0 Å². The van der Waals surface area contributed by atoms with E-state index in [9.17, 15) is 0 Å². The van der Waals surface area contributed by atoms with E-state index in [1.807, 2.05) is 18.5 Å². The normalized spacial score (nSPS) is 10.7. The van der Waals surface area contributed by atoms with Crippen LogP contribution in [0.25, 0.3) is 0 Å². The number of hydrogen-bond donors (Lipinski definition) is 1. The van der Waals surface area contributed by atoms with Crippen LogP contribution in [0.5, 0.6) is 0 Å². The zero-order chi connectivity index (χ0) is 9.68. The zero-order valence-corrected chi connectivity index (χ0v) is 8.29. The van der Waals surface area contributed by atoms with Crippen LogP contribution in [-0.2, 0) is 11.3 Å². The molecule has 0 aromatic carbocycles. The highest BCUT2D eigenvalue weighted by molar-refractivity contribution is 5.06. The number of nitrogens with two attached hydrogens (primary N) is 1. The van der Waals surface area contributed by atoms with Crippen LogP contribution in [0.15, 0.2) is 6.07 Å². The van der Waals surface area contributed by atoms with Crippen molar-refractivity contribution in [2.45, 2.75) is 20.4 Å². The van der Waals surface area contributed by atoms with Crippen LogP contribution in [0.3, 0.4) is 0 Å². The molecule has 13 heavy (non-hydrogen) atoms. The van der Waals surface area contributed by atoms with E-state index in [2.05, 4.69) is 11.2 Å². The van der Waals surface area contributed by atoms with Gasteiger partial charge in [0.05, 0.1) is 25.5 Å². The third kappa shape index (κ3) is 3.16. The average molecular weight is 183 g/mol. The molecule has 1 aromatic heterocycles. The van der Waals surface area contributed by atoms with Crippen molar-refractivity contribution in [3.63, 3.8) is 0 Å². The third-order valence-corrected chi connectivity index (χ3v) is 1.81. The summed E-state index contributed by atoms with van der Waals surface area (Å²) >= 11 is 0. The Balaban J connectivity index is 2.32. The van der Waals surface area contributed by atoms with Crippen molar-refractivity contribution >= 4 is 0 Å². The first-order valence-electron chi connectivity index (χ1n) is 4.53. The Morgan fingerprint density at radius 3 is 2.77 bits per heavy atom. The predicted octanol–water partition coefficient (Wildman–Crippen LogP) is 0.475. The molecule has 0 amide bonds. The van der Waals surface area contributed by atoms with Crippen LogP contribution in [-0.4, -0.2) is 29.5 Å². The minimum Gasteiger partial charge on any atom is -0.378 e. The maximum absolute atomic E-state index is 5.29. The van der Waals surface area contributed by atoms with Gasteiger partial charge in [0.1, 0.15) is 0 Å². The molecule has 0 aliphatic carbocycles. The quantitative estimate of drug-likeness (QED) is 0.675. The van der Waals surface area contributed by atoms with E-state index in [-0.39, 0.29) is 0 Å². The number of hydrogen-bond acceptors (Lipinski definition) is 3. The Labute approximate surface area is 78.7 Å². The molecule has 0 atom stereocenters. The van der Waals surface area contributed by atoms with Crippen molar-refractivity contribution in [2.75, 3.05) is 19.8 Å². The van der Waals surface area contributed by atoms with Crippen LogP contribution in [0.2, 0.25) is 0 Å². The molecule has 0 spiro atoms. The Morgan fingerprint density at radius 2 is 2.23 bits per heavy atom. The minimum atomic E-state index is 0.580. The van der Waals surface area contributed by atoms with Crippen molar-refractivity contribution in [3.8, 4) is 0 Å². The minimum absolute atomic E-state index is 0.580.